The molecular weight excluding hydrogens is 176 g/mol. The van der Waals surface area contributed by atoms with E-state index in [1.54, 1.807) is 7.11 Å². The van der Waals surface area contributed by atoms with E-state index in [1.807, 2.05) is 13.8 Å². The Morgan fingerprint density at radius 2 is 2.14 bits per heavy atom. The average Bonchev–Trinajstić information content (AvgIpc) is 2.28. The van der Waals surface area contributed by atoms with Gasteiger partial charge in [-0.1, -0.05) is 19.9 Å². The van der Waals surface area contributed by atoms with Gasteiger partial charge < -0.3 is 9.84 Å². The molecular formula is C12H22O2. The van der Waals surface area contributed by atoms with Crippen LogP contribution in [-0.2, 0) is 4.74 Å². The fourth-order valence-electron chi connectivity index (χ4n) is 2.24. The Balaban J connectivity index is 2.86. The summed E-state index contributed by atoms with van der Waals surface area (Å²) in [6.07, 6.45) is 7.15. The van der Waals surface area contributed by atoms with Crippen LogP contribution >= 0.6 is 0 Å². The zero-order valence-electron chi connectivity index (χ0n) is 9.55. The predicted molar refractivity (Wildman–Crippen MR) is 58.3 cm³/mol. The average molecular weight is 198 g/mol. The minimum Gasteiger partial charge on any atom is -0.385 e. The monoisotopic (exact) mass is 198 g/mol. The highest BCUT2D eigenvalue weighted by molar-refractivity contribution is 5.23. The van der Waals surface area contributed by atoms with Gasteiger partial charge in [-0.15, -0.1) is 0 Å². The number of methoxy groups -OCH3 is 1. The molecule has 2 heteroatoms. The summed E-state index contributed by atoms with van der Waals surface area (Å²) in [6, 6.07) is 0. The minimum atomic E-state index is -0.638. The molecule has 1 aliphatic carbocycles. The molecule has 1 aliphatic rings. The molecule has 82 valence electrons. The smallest absolute Gasteiger partial charge is 0.0876 e. The van der Waals surface area contributed by atoms with Gasteiger partial charge in [-0.3, -0.25) is 0 Å². The van der Waals surface area contributed by atoms with Crippen LogP contribution in [0.2, 0.25) is 0 Å². The van der Waals surface area contributed by atoms with Crippen LogP contribution in [0.4, 0.5) is 0 Å². The summed E-state index contributed by atoms with van der Waals surface area (Å²) in [4.78, 5) is 0. The first-order chi connectivity index (χ1) is 6.68. The third-order valence-electron chi connectivity index (χ3n) is 3.37. The summed E-state index contributed by atoms with van der Waals surface area (Å²) in [5.41, 5.74) is 0.470. The molecule has 1 N–H and O–H groups in total. The van der Waals surface area contributed by atoms with Gasteiger partial charge in [0.05, 0.1) is 11.7 Å². The zero-order chi connectivity index (χ0) is 10.6. The van der Waals surface area contributed by atoms with Crippen molar-refractivity contribution in [3.8, 4) is 0 Å². The van der Waals surface area contributed by atoms with Gasteiger partial charge in [0, 0.05) is 7.11 Å². The maximum atomic E-state index is 10.4. The van der Waals surface area contributed by atoms with Crippen molar-refractivity contribution < 1.29 is 9.84 Å². The highest BCUT2D eigenvalue weighted by Crippen LogP contribution is 2.33. The van der Waals surface area contributed by atoms with Gasteiger partial charge in [0.25, 0.3) is 0 Å². The second kappa shape index (κ2) is 4.94. The third-order valence-corrected chi connectivity index (χ3v) is 3.37. The van der Waals surface area contributed by atoms with E-state index < -0.39 is 5.60 Å². The Kier molecular flexibility index (Phi) is 4.14. The lowest BCUT2D eigenvalue weighted by Crippen LogP contribution is -2.37. The van der Waals surface area contributed by atoms with E-state index in [-0.39, 0.29) is 6.10 Å². The van der Waals surface area contributed by atoms with E-state index in [4.69, 9.17) is 4.74 Å². The van der Waals surface area contributed by atoms with E-state index in [9.17, 15) is 5.11 Å². The van der Waals surface area contributed by atoms with Gasteiger partial charge in [-0.25, -0.2) is 0 Å². The molecule has 0 bridgehead atoms. The molecule has 0 saturated heterocycles. The van der Waals surface area contributed by atoms with Crippen LogP contribution in [0, 0.1) is 0 Å². The lowest BCUT2D eigenvalue weighted by molar-refractivity contribution is 0.0214. The van der Waals surface area contributed by atoms with E-state index in [1.165, 1.54) is 6.42 Å². The van der Waals surface area contributed by atoms with Crippen molar-refractivity contribution in [2.45, 2.75) is 57.7 Å². The Morgan fingerprint density at radius 3 is 2.64 bits per heavy atom. The van der Waals surface area contributed by atoms with Crippen molar-refractivity contribution in [1.82, 2.24) is 0 Å². The quantitative estimate of drug-likeness (QED) is 0.704. The number of aliphatic hydroxyl groups is 1. The lowest BCUT2D eigenvalue weighted by Gasteiger charge is -2.35. The van der Waals surface area contributed by atoms with Crippen molar-refractivity contribution >= 4 is 0 Å². The summed E-state index contributed by atoms with van der Waals surface area (Å²) in [5.74, 6) is 0. The van der Waals surface area contributed by atoms with Crippen molar-refractivity contribution in [3.63, 3.8) is 0 Å². The van der Waals surface area contributed by atoms with Crippen LogP contribution in [0.25, 0.3) is 0 Å². The first kappa shape index (κ1) is 11.7. The molecule has 0 aromatic rings. The molecule has 14 heavy (non-hydrogen) atoms. The van der Waals surface area contributed by atoms with Crippen LogP contribution in [0.3, 0.4) is 0 Å². The van der Waals surface area contributed by atoms with Gasteiger partial charge in [0.2, 0.25) is 0 Å². The van der Waals surface area contributed by atoms with Crippen LogP contribution in [0.15, 0.2) is 11.6 Å². The number of rotatable bonds is 4. The summed E-state index contributed by atoms with van der Waals surface area (Å²) < 4.78 is 5.43. The fraction of sp³-hybridized carbons (Fsp3) is 0.833. The topological polar surface area (TPSA) is 29.5 Å². The molecule has 1 atom stereocenters. The number of hydrogen-bond acceptors (Lipinski definition) is 2. The van der Waals surface area contributed by atoms with Crippen LogP contribution < -0.4 is 0 Å². The van der Waals surface area contributed by atoms with E-state index in [0.29, 0.717) is 0 Å². The number of allylic oxidation sites excluding steroid dienone is 1. The van der Waals surface area contributed by atoms with Crippen LogP contribution in [0.5, 0.6) is 0 Å². The second-order valence-electron chi connectivity index (χ2n) is 4.05. The SMILES string of the molecule is CCC(O)(CC)C1=CCCCC1OC. The summed E-state index contributed by atoms with van der Waals surface area (Å²) in [6.45, 7) is 4.07. The normalized spacial score (nSPS) is 23.4. The molecule has 0 aliphatic heterocycles. The van der Waals surface area contributed by atoms with Gasteiger partial charge in [0.15, 0.2) is 0 Å². The third kappa shape index (κ3) is 2.18. The molecule has 1 rings (SSSR count). The summed E-state index contributed by atoms with van der Waals surface area (Å²) >= 11 is 0. The molecule has 0 aromatic carbocycles. The molecule has 0 amide bonds. The first-order valence-electron chi connectivity index (χ1n) is 5.63. The Hall–Kier alpha value is -0.340. The van der Waals surface area contributed by atoms with Gasteiger partial charge in [0.1, 0.15) is 0 Å². The number of hydrogen-bond donors (Lipinski definition) is 1. The molecule has 0 aromatic heterocycles. The molecule has 0 spiro atoms. The molecule has 0 fully saturated rings. The van der Waals surface area contributed by atoms with Gasteiger partial charge in [-0.05, 0) is 37.7 Å². The fourth-order valence-corrected chi connectivity index (χ4v) is 2.24. The molecule has 0 heterocycles. The highest BCUT2D eigenvalue weighted by atomic mass is 16.5. The first-order valence-corrected chi connectivity index (χ1v) is 5.63. The number of ether oxygens (including phenoxy) is 1. The summed E-state index contributed by atoms with van der Waals surface area (Å²) in [7, 11) is 1.73. The van der Waals surface area contributed by atoms with E-state index in [2.05, 4.69) is 6.08 Å². The maximum Gasteiger partial charge on any atom is 0.0876 e. The Bertz CT molecular complexity index is 204. The Morgan fingerprint density at radius 1 is 1.50 bits per heavy atom. The molecule has 0 radical (unpaired) electrons. The predicted octanol–water partition coefficient (Wildman–Crippen LogP) is 2.66. The minimum absolute atomic E-state index is 0.133. The lowest BCUT2D eigenvalue weighted by atomic mass is 9.80. The van der Waals surface area contributed by atoms with E-state index >= 15 is 0 Å². The second-order valence-corrected chi connectivity index (χ2v) is 4.05. The van der Waals surface area contributed by atoms with Crippen molar-refractivity contribution in [2.24, 2.45) is 0 Å². The highest BCUT2D eigenvalue weighted by Gasteiger charge is 2.33. The van der Waals surface area contributed by atoms with Crippen molar-refractivity contribution in [1.29, 1.82) is 0 Å². The Labute approximate surface area is 87.0 Å². The van der Waals surface area contributed by atoms with Crippen LogP contribution in [0.1, 0.15) is 46.0 Å². The van der Waals surface area contributed by atoms with E-state index in [0.717, 1.165) is 31.3 Å². The zero-order valence-corrected chi connectivity index (χ0v) is 9.55. The molecule has 2 nitrogen and oxygen atoms in total. The summed E-state index contributed by atoms with van der Waals surface area (Å²) in [5, 5.41) is 10.4. The maximum absolute atomic E-state index is 10.4. The molecule has 0 saturated carbocycles. The van der Waals surface area contributed by atoms with Crippen molar-refractivity contribution in [2.75, 3.05) is 7.11 Å². The van der Waals surface area contributed by atoms with Gasteiger partial charge >= 0.3 is 0 Å². The molecule has 1 unspecified atom stereocenters. The van der Waals surface area contributed by atoms with Crippen LogP contribution in [-0.4, -0.2) is 23.9 Å². The van der Waals surface area contributed by atoms with Gasteiger partial charge in [-0.2, -0.15) is 0 Å². The van der Waals surface area contributed by atoms with Crippen molar-refractivity contribution in [3.05, 3.63) is 11.6 Å². The standard InChI is InChI=1S/C12H22O2/c1-4-12(13,5-2)10-8-6-7-9-11(10)14-3/h8,11,13H,4-7,9H2,1-3H3. The largest absolute Gasteiger partial charge is 0.385 e.